The van der Waals surface area contributed by atoms with Gasteiger partial charge in [-0.2, -0.15) is 0 Å². The summed E-state index contributed by atoms with van der Waals surface area (Å²) in [6.45, 7) is 11.8. The monoisotopic (exact) mass is 749 g/mol. The van der Waals surface area contributed by atoms with Crippen molar-refractivity contribution in [2.75, 3.05) is 7.11 Å². The lowest BCUT2D eigenvalue weighted by Gasteiger charge is -2.50. The molecule has 54 heavy (non-hydrogen) atoms. The molecule has 1 spiro atoms. The van der Waals surface area contributed by atoms with E-state index in [2.05, 4.69) is 25.9 Å². The number of nitrogens with zero attached hydrogens (tertiary/aromatic N) is 1. The van der Waals surface area contributed by atoms with Gasteiger partial charge >= 0.3 is 11.9 Å². The number of aliphatic hydroxyl groups is 3. The van der Waals surface area contributed by atoms with Gasteiger partial charge in [-0.25, -0.2) is 4.79 Å². The number of carbonyl (C=O) groups excluding carboxylic acids is 2. The average Bonchev–Trinajstić information content (AvgIpc) is 3.40. The Morgan fingerprint density at radius 1 is 1.06 bits per heavy atom. The van der Waals surface area contributed by atoms with E-state index in [9.17, 15) is 24.9 Å². The zero-order valence-corrected chi connectivity index (χ0v) is 32.2. The van der Waals surface area contributed by atoms with Gasteiger partial charge in [0.15, 0.2) is 17.8 Å². The molecule has 12 atom stereocenters. The van der Waals surface area contributed by atoms with Gasteiger partial charge in [0.05, 0.1) is 12.2 Å². The van der Waals surface area contributed by atoms with Gasteiger partial charge in [-0.05, 0) is 49.7 Å². The normalized spacial score (nSPS) is 41.4. The molecule has 12 nitrogen and oxygen atoms in total. The van der Waals surface area contributed by atoms with E-state index in [1.807, 2.05) is 26.0 Å². The maximum Gasteiger partial charge on any atom is 0.361 e. The molecule has 4 heterocycles. The predicted octanol–water partition coefficient (Wildman–Crippen LogP) is 5.06. The van der Waals surface area contributed by atoms with Crippen LogP contribution < -0.4 is 0 Å². The molecule has 1 aromatic carbocycles. The number of oxime groups is 1. The van der Waals surface area contributed by atoms with Crippen molar-refractivity contribution in [3.63, 3.8) is 0 Å². The standard InChI is InChI=1S/C42H55NO11/c1-23(2)35-26(5)18-19-41(54-35)22-30-21-29(53-41)17-16-25(4)36(51-40(47)33(43-49-7)28-13-9-8-10-14-28)24(3)12-11-15-31-38(45)52-37-34(44)27(6)20-32(39(46)50-30)42(31,37)48/h8-16,20,23-24,26,29-30,32,34-38,44-45,48H,17-19,21-22H2,1-7H3/b12-11+,25-16+,31-15+,43-33+/t24-,26-,29?,30?,32?,34+,35?,36?,37?,38?,41?,42+/m0/s1. The zero-order valence-electron chi connectivity index (χ0n) is 32.2. The summed E-state index contributed by atoms with van der Waals surface area (Å²) in [6.07, 6.45) is 4.79. The van der Waals surface area contributed by atoms with E-state index in [-0.39, 0.29) is 23.3 Å². The van der Waals surface area contributed by atoms with Gasteiger partial charge in [-0.15, -0.1) is 0 Å². The highest BCUT2D eigenvalue weighted by Gasteiger charge is 2.63. The fourth-order valence-corrected chi connectivity index (χ4v) is 8.75. The predicted molar refractivity (Wildman–Crippen MR) is 199 cm³/mol. The molecule has 0 radical (unpaired) electrons. The summed E-state index contributed by atoms with van der Waals surface area (Å²) in [6, 6.07) is 8.90. The minimum absolute atomic E-state index is 0.00195. The quantitative estimate of drug-likeness (QED) is 0.160. The second kappa shape index (κ2) is 16.2. The number of hydrogen-bond acceptors (Lipinski definition) is 12. The lowest BCUT2D eigenvalue weighted by molar-refractivity contribution is -0.340. The topological polar surface area (TPSA) is 163 Å². The Kier molecular flexibility index (Phi) is 12.0. The first-order chi connectivity index (χ1) is 25.7. The Balaban J connectivity index is 1.41. The van der Waals surface area contributed by atoms with E-state index in [1.165, 1.54) is 19.3 Å². The summed E-state index contributed by atoms with van der Waals surface area (Å²) in [4.78, 5) is 33.0. The lowest BCUT2D eigenvalue weighted by atomic mass is 9.70. The number of allylic oxidation sites excluding steroid dienone is 2. The molecule has 12 heteroatoms. The molecule has 2 bridgehead atoms. The third-order valence-electron chi connectivity index (χ3n) is 11.6. The summed E-state index contributed by atoms with van der Waals surface area (Å²) in [7, 11) is 1.36. The number of hydrogen-bond donors (Lipinski definition) is 3. The largest absolute Gasteiger partial charge is 0.462 e. The highest BCUT2D eigenvalue weighted by atomic mass is 16.7. The van der Waals surface area contributed by atoms with Crippen molar-refractivity contribution in [1.82, 2.24) is 0 Å². The smallest absolute Gasteiger partial charge is 0.361 e. The number of rotatable bonds is 5. The Bertz CT molecular complexity index is 1700. The first kappa shape index (κ1) is 40.0. The lowest BCUT2D eigenvalue weighted by Crippen LogP contribution is -2.58. The zero-order chi connectivity index (χ0) is 38.9. The van der Waals surface area contributed by atoms with E-state index >= 15 is 0 Å². The molecule has 8 unspecified atom stereocenters. The Morgan fingerprint density at radius 3 is 2.50 bits per heavy atom. The van der Waals surface area contributed by atoms with E-state index in [0.717, 1.165) is 12.0 Å². The molecule has 294 valence electrons. The van der Waals surface area contributed by atoms with E-state index < -0.39 is 72.0 Å². The highest BCUT2D eigenvalue weighted by Crippen LogP contribution is 2.49. The summed E-state index contributed by atoms with van der Waals surface area (Å²) in [5.41, 5.74) is -0.420. The number of esters is 2. The summed E-state index contributed by atoms with van der Waals surface area (Å²) in [5.74, 6) is -3.55. The Morgan fingerprint density at radius 2 is 1.80 bits per heavy atom. The third-order valence-corrected chi connectivity index (χ3v) is 11.6. The van der Waals surface area contributed by atoms with Crippen LogP contribution in [0.15, 0.2) is 82.6 Å². The maximum atomic E-state index is 14.2. The number of ether oxygens (including phenoxy) is 5. The molecular formula is C42H55NO11. The van der Waals surface area contributed by atoms with E-state index in [0.29, 0.717) is 42.7 Å². The van der Waals surface area contributed by atoms with Crippen molar-refractivity contribution in [2.24, 2.45) is 28.8 Å². The second-order valence-electron chi connectivity index (χ2n) is 15.9. The van der Waals surface area contributed by atoms with Crippen LogP contribution in [0.2, 0.25) is 0 Å². The van der Waals surface area contributed by atoms with Crippen LogP contribution in [0.1, 0.15) is 79.2 Å². The number of fused-ring (bicyclic) bond motifs is 2. The van der Waals surface area contributed by atoms with Gasteiger partial charge in [0.2, 0.25) is 0 Å². The van der Waals surface area contributed by atoms with Gasteiger partial charge in [0, 0.05) is 36.3 Å². The molecule has 4 aliphatic heterocycles. The highest BCUT2D eigenvalue weighted by molar-refractivity contribution is 6.43. The van der Waals surface area contributed by atoms with Crippen LogP contribution in [0.3, 0.4) is 0 Å². The molecule has 3 fully saturated rings. The molecular weight excluding hydrogens is 694 g/mol. The molecule has 3 saturated heterocycles. The van der Waals surface area contributed by atoms with Gasteiger partial charge in [0.1, 0.15) is 43.0 Å². The third kappa shape index (κ3) is 7.87. The Labute approximate surface area is 317 Å². The van der Waals surface area contributed by atoms with Crippen LogP contribution >= 0.6 is 0 Å². The average molecular weight is 750 g/mol. The van der Waals surface area contributed by atoms with Gasteiger partial charge < -0.3 is 43.8 Å². The van der Waals surface area contributed by atoms with Crippen LogP contribution in [0, 0.1) is 23.7 Å². The molecule has 1 aromatic rings. The van der Waals surface area contributed by atoms with Crippen LogP contribution in [0.25, 0.3) is 0 Å². The van der Waals surface area contributed by atoms with Crippen LogP contribution in [0.5, 0.6) is 0 Å². The van der Waals surface area contributed by atoms with Crippen molar-refractivity contribution in [3.05, 3.63) is 83.0 Å². The maximum absolute atomic E-state index is 14.2. The molecule has 1 aliphatic carbocycles. The fraction of sp³-hybridized carbons (Fsp3) is 0.595. The van der Waals surface area contributed by atoms with Crippen LogP contribution in [-0.4, -0.2) is 94.4 Å². The van der Waals surface area contributed by atoms with E-state index in [4.69, 9.17) is 28.5 Å². The molecule has 0 saturated carbocycles. The second-order valence-corrected chi connectivity index (χ2v) is 15.9. The number of aliphatic hydroxyl groups excluding tert-OH is 2. The SMILES string of the molecule is CO/N=C(/C(=O)OC1/C(C)=C/CC2CC(CC3(CC[C@H](C)C(C(C)C)O3)O2)OC(=O)C2C=C(C)[C@@H](O)C3OC(O)/C(=C\C=C\[C@@H]1C)[C@@]23O)c1ccccc1. The summed E-state index contributed by atoms with van der Waals surface area (Å²) in [5, 5.41) is 38.6. The molecule has 3 N–H and O–H groups in total. The number of carbonyl (C=O) groups is 2. The molecule has 6 rings (SSSR count). The summed E-state index contributed by atoms with van der Waals surface area (Å²) < 4.78 is 31.8. The van der Waals surface area contributed by atoms with Gasteiger partial charge in [-0.1, -0.05) is 93.6 Å². The van der Waals surface area contributed by atoms with Crippen molar-refractivity contribution < 1.29 is 53.4 Å². The van der Waals surface area contributed by atoms with Crippen molar-refractivity contribution >= 4 is 17.7 Å². The molecule has 0 amide bonds. The number of benzene rings is 1. The van der Waals surface area contributed by atoms with Crippen LogP contribution in [-0.2, 0) is 38.1 Å². The van der Waals surface area contributed by atoms with Gasteiger partial charge in [-0.3, -0.25) is 4.79 Å². The first-order valence-corrected chi connectivity index (χ1v) is 19.1. The summed E-state index contributed by atoms with van der Waals surface area (Å²) >= 11 is 0. The Hall–Kier alpha value is -3.65. The fourth-order valence-electron chi connectivity index (χ4n) is 8.75. The minimum Gasteiger partial charge on any atom is -0.462 e. The molecule has 5 aliphatic rings. The van der Waals surface area contributed by atoms with Crippen molar-refractivity contribution in [2.45, 2.75) is 128 Å². The van der Waals surface area contributed by atoms with E-state index in [1.54, 1.807) is 43.3 Å². The van der Waals surface area contributed by atoms with Crippen LogP contribution in [0.4, 0.5) is 0 Å². The molecule has 0 aromatic heterocycles. The van der Waals surface area contributed by atoms with Crippen molar-refractivity contribution in [1.29, 1.82) is 0 Å². The minimum atomic E-state index is -2.12. The first-order valence-electron chi connectivity index (χ1n) is 19.1. The van der Waals surface area contributed by atoms with Gasteiger partial charge in [0.25, 0.3) is 0 Å². The van der Waals surface area contributed by atoms with Crippen molar-refractivity contribution in [3.8, 4) is 0 Å².